The molecule has 0 unspecified atom stereocenters. The Morgan fingerprint density at radius 3 is 2.43 bits per heavy atom. The van der Waals surface area contributed by atoms with Crippen molar-refractivity contribution in [3.8, 4) is 0 Å². The molecule has 8 heteroatoms. The molecule has 0 aromatic carbocycles. The Balaban J connectivity index is 4.30. The Bertz CT molecular complexity index is 388. The monoisotopic (exact) mass is 319 g/mol. The fourth-order valence-corrected chi connectivity index (χ4v) is 2.37. The summed E-state index contributed by atoms with van der Waals surface area (Å²) in [6.45, 7) is 5.87. The van der Waals surface area contributed by atoms with E-state index in [4.69, 9.17) is 10.8 Å². The fourth-order valence-electron chi connectivity index (χ4n) is 1.37. The van der Waals surface area contributed by atoms with E-state index in [1.807, 2.05) is 6.92 Å². The van der Waals surface area contributed by atoms with E-state index >= 15 is 0 Å². The Labute approximate surface area is 129 Å². The smallest absolute Gasteiger partial charge is 0.321 e. The zero-order chi connectivity index (χ0) is 16.6. The minimum Gasteiger partial charge on any atom is -0.480 e. The van der Waals surface area contributed by atoms with Gasteiger partial charge in [-0.05, 0) is 20.3 Å². The van der Waals surface area contributed by atoms with Gasteiger partial charge in [-0.1, -0.05) is 6.92 Å². The summed E-state index contributed by atoms with van der Waals surface area (Å²) in [5.41, 5.74) is 5.58. The van der Waals surface area contributed by atoms with Crippen LogP contribution in [0, 0.1) is 0 Å². The van der Waals surface area contributed by atoms with Gasteiger partial charge in [-0.3, -0.25) is 14.4 Å². The first kappa shape index (κ1) is 19.7. The van der Waals surface area contributed by atoms with Crippen LogP contribution in [0.25, 0.3) is 0 Å². The summed E-state index contributed by atoms with van der Waals surface area (Å²) in [6.07, 6.45) is 0.834. The predicted molar refractivity (Wildman–Crippen MR) is 83.1 cm³/mol. The highest BCUT2D eigenvalue weighted by atomic mass is 32.2. The van der Waals surface area contributed by atoms with Crippen molar-refractivity contribution in [3.05, 3.63) is 0 Å². The molecule has 0 aliphatic heterocycles. The molecule has 122 valence electrons. The third-order valence-electron chi connectivity index (χ3n) is 2.96. The molecular weight excluding hydrogens is 294 g/mol. The van der Waals surface area contributed by atoms with E-state index in [2.05, 4.69) is 5.32 Å². The number of aliphatic carboxylic acids is 1. The van der Waals surface area contributed by atoms with Crippen LogP contribution >= 0.6 is 11.8 Å². The number of carbonyl (C=O) groups is 3. The van der Waals surface area contributed by atoms with Crippen molar-refractivity contribution in [1.29, 1.82) is 0 Å². The number of hydrogen-bond donors (Lipinski definition) is 3. The standard InChI is InChI=1S/C13H25N3O4S/c1-5-6-15-9(17)7-16(4)10(18)8-21-13(2,3)11(14)12(19)20/h11H,5-8,14H2,1-4H3,(H,15,17)(H,19,20)/t11-/m0/s1. The van der Waals surface area contributed by atoms with Crippen LogP contribution in [0.5, 0.6) is 0 Å². The molecule has 0 saturated heterocycles. The van der Waals surface area contributed by atoms with Crippen LogP contribution in [0.1, 0.15) is 27.2 Å². The molecule has 21 heavy (non-hydrogen) atoms. The number of carbonyl (C=O) groups excluding carboxylic acids is 2. The van der Waals surface area contributed by atoms with Gasteiger partial charge in [0.1, 0.15) is 6.04 Å². The second kappa shape index (κ2) is 8.89. The minimum atomic E-state index is -1.10. The van der Waals surface area contributed by atoms with E-state index in [0.717, 1.165) is 6.42 Å². The Morgan fingerprint density at radius 2 is 1.95 bits per heavy atom. The van der Waals surface area contributed by atoms with Crippen molar-refractivity contribution < 1.29 is 19.5 Å². The zero-order valence-electron chi connectivity index (χ0n) is 13.0. The summed E-state index contributed by atoms with van der Waals surface area (Å²) in [6, 6.07) is -1.06. The Hall–Kier alpha value is -1.28. The average molecular weight is 319 g/mol. The number of carboxylic acid groups (broad SMARTS) is 1. The molecule has 7 nitrogen and oxygen atoms in total. The highest BCUT2D eigenvalue weighted by Gasteiger charge is 2.33. The van der Waals surface area contributed by atoms with Crippen molar-refractivity contribution in [3.63, 3.8) is 0 Å². The van der Waals surface area contributed by atoms with Crippen LogP contribution in [-0.2, 0) is 14.4 Å². The van der Waals surface area contributed by atoms with E-state index in [9.17, 15) is 14.4 Å². The number of hydrogen-bond acceptors (Lipinski definition) is 5. The van der Waals surface area contributed by atoms with Gasteiger partial charge in [-0.15, -0.1) is 11.8 Å². The van der Waals surface area contributed by atoms with Gasteiger partial charge in [0.05, 0.1) is 12.3 Å². The molecule has 0 aliphatic rings. The van der Waals surface area contributed by atoms with Crippen molar-refractivity contribution in [2.24, 2.45) is 5.73 Å². The van der Waals surface area contributed by atoms with Gasteiger partial charge >= 0.3 is 5.97 Å². The number of rotatable bonds is 9. The third kappa shape index (κ3) is 7.33. The summed E-state index contributed by atoms with van der Waals surface area (Å²) in [5.74, 6) is -1.48. The van der Waals surface area contributed by atoms with Crippen molar-refractivity contribution in [2.45, 2.75) is 38.0 Å². The molecule has 1 atom stereocenters. The second-order valence-corrected chi connectivity index (χ2v) is 6.94. The van der Waals surface area contributed by atoms with E-state index in [1.54, 1.807) is 20.9 Å². The molecule has 0 aromatic heterocycles. The van der Waals surface area contributed by atoms with Crippen LogP contribution in [0.15, 0.2) is 0 Å². The predicted octanol–water partition coefficient (Wildman–Crippen LogP) is -0.105. The summed E-state index contributed by atoms with van der Waals surface area (Å²) in [7, 11) is 1.54. The Kier molecular flexibility index (Phi) is 8.34. The molecule has 0 heterocycles. The van der Waals surface area contributed by atoms with Crippen molar-refractivity contribution in [1.82, 2.24) is 10.2 Å². The first-order valence-corrected chi connectivity index (χ1v) is 7.73. The van der Waals surface area contributed by atoms with E-state index < -0.39 is 16.8 Å². The molecule has 0 aromatic rings. The molecule has 0 aliphatic carbocycles. The van der Waals surface area contributed by atoms with Gasteiger partial charge in [0, 0.05) is 18.3 Å². The van der Waals surface area contributed by atoms with Crippen LogP contribution in [0.2, 0.25) is 0 Å². The molecular formula is C13H25N3O4S. The molecule has 2 amide bonds. The summed E-state index contributed by atoms with van der Waals surface area (Å²) >= 11 is 1.17. The van der Waals surface area contributed by atoms with Crippen LogP contribution in [0.3, 0.4) is 0 Å². The third-order valence-corrected chi connectivity index (χ3v) is 4.35. The summed E-state index contributed by atoms with van der Waals surface area (Å²) < 4.78 is -0.771. The lowest BCUT2D eigenvalue weighted by Gasteiger charge is -2.28. The Morgan fingerprint density at radius 1 is 1.38 bits per heavy atom. The van der Waals surface area contributed by atoms with Gasteiger partial charge in [0.25, 0.3) is 0 Å². The number of thioether (sulfide) groups is 1. The number of nitrogens with zero attached hydrogens (tertiary/aromatic N) is 1. The lowest BCUT2D eigenvalue weighted by Crippen LogP contribution is -2.47. The van der Waals surface area contributed by atoms with E-state index in [-0.39, 0.29) is 24.1 Å². The minimum absolute atomic E-state index is 0.00912. The highest BCUT2D eigenvalue weighted by molar-refractivity contribution is 8.01. The number of nitrogens with one attached hydrogen (secondary N) is 1. The maximum atomic E-state index is 11.9. The molecule has 0 bridgehead atoms. The first-order chi connectivity index (χ1) is 9.61. The van der Waals surface area contributed by atoms with E-state index in [1.165, 1.54) is 16.7 Å². The molecule has 0 rings (SSSR count). The zero-order valence-corrected chi connectivity index (χ0v) is 13.8. The van der Waals surface area contributed by atoms with Crippen molar-refractivity contribution in [2.75, 3.05) is 25.9 Å². The number of likely N-dealkylation sites (N-methyl/N-ethyl adjacent to an activating group) is 1. The maximum absolute atomic E-state index is 11.9. The van der Waals surface area contributed by atoms with Gasteiger partial charge < -0.3 is 21.1 Å². The molecule has 0 fully saturated rings. The maximum Gasteiger partial charge on any atom is 0.321 e. The van der Waals surface area contributed by atoms with Crippen molar-refractivity contribution >= 4 is 29.5 Å². The molecule has 0 saturated carbocycles. The van der Waals surface area contributed by atoms with E-state index in [0.29, 0.717) is 6.54 Å². The summed E-state index contributed by atoms with van der Waals surface area (Å²) in [4.78, 5) is 35.6. The fraction of sp³-hybridized carbons (Fsp3) is 0.769. The lowest BCUT2D eigenvalue weighted by molar-refractivity contribution is -0.139. The number of nitrogens with two attached hydrogens (primary N) is 1. The second-order valence-electron chi connectivity index (χ2n) is 5.31. The average Bonchev–Trinajstić information content (AvgIpc) is 2.41. The van der Waals surface area contributed by atoms with Crippen LogP contribution in [-0.4, -0.2) is 64.5 Å². The summed E-state index contributed by atoms with van der Waals surface area (Å²) in [5, 5.41) is 11.6. The SMILES string of the molecule is CCCNC(=O)CN(C)C(=O)CSC(C)(C)[C@@H](N)C(=O)O. The number of carboxylic acids is 1. The quantitative estimate of drug-likeness (QED) is 0.547. The molecule has 0 spiro atoms. The van der Waals surface area contributed by atoms with Gasteiger partial charge in [0.2, 0.25) is 11.8 Å². The van der Waals surface area contributed by atoms with Gasteiger partial charge in [0.15, 0.2) is 0 Å². The largest absolute Gasteiger partial charge is 0.480 e. The molecule has 4 N–H and O–H groups in total. The van der Waals surface area contributed by atoms with Gasteiger partial charge in [-0.2, -0.15) is 0 Å². The number of amides is 2. The highest BCUT2D eigenvalue weighted by Crippen LogP contribution is 2.27. The van der Waals surface area contributed by atoms with Gasteiger partial charge in [-0.25, -0.2) is 0 Å². The first-order valence-electron chi connectivity index (χ1n) is 6.74. The normalized spacial score (nSPS) is 12.6. The topological polar surface area (TPSA) is 113 Å². The van der Waals surface area contributed by atoms with Crippen LogP contribution < -0.4 is 11.1 Å². The lowest BCUT2D eigenvalue weighted by atomic mass is 10.1. The van der Waals surface area contributed by atoms with Crippen LogP contribution in [0.4, 0.5) is 0 Å². The molecule has 0 radical (unpaired) electrons.